The molecule has 1 aliphatic carbocycles. The van der Waals surface area contributed by atoms with Gasteiger partial charge in [0.1, 0.15) is 11.9 Å². The number of allylic oxidation sites excluding steroid dienone is 4. The zero-order chi connectivity index (χ0) is 15.5. The van der Waals surface area contributed by atoms with Gasteiger partial charge < -0.3 is 14.5 Å². The number of oxime groups is 1. The summed E-state index contributed by atoms with van der Waals surface area (Å²) in [4.78, 5) is 19.3. The van der Waals surface area contributed by atoms with E-state index in [9.17, 15) is 9.18 Å². The molecule has 1 amide bonds. The predicted octanol–water partition coefficient (Wildman–Crippen LogP) is 2.34. The second-order valence-corrected chi connectivity index (χ2v) is 5.98. The maximum absolute atomic E-state index is 14.0. The smallest absolute Gasteiger partial charge is 0.226 e. The van der Waals surface area contributed by atoms with E-state index in [-0.39, 0.29) is 24.3 Å². The summed E-state index contributed by atoms with van der Waals surface area (Å²) in [5.41, 5.74) is 2.33. The molecule has 1 unspecified atom stereocenters. The van der Waals surface area contributed by atoms with Crippen LogP contribution in [-0.2, 0) is 14.4 Å². The third kappa shape index (κ3) is 3.38. The monoisotopic (exact) mass is 308 g/mol. The van der Waals surface area contributed by atoms with Crippen molar-refractivity contribution >= 4 is 11.6 Å². The number of ether oxygens (including phenoxy) is 1. The quantitative estimate of drug-likeness (QED) is 0.804. The largest absolute Gasteiger partial charge is 0.391 e. The molecule has 2 heterocycles. The molecule has 3 rings (SSSR count). The van der Waals surface area contributed by atoms with Crippen molar-refractivity contribution in [2.45, 2.75) is 38.7 Å². The van der Waals surface area contributed by atoms with Crippen LogP contribution in [0.3, 0.4) is 0 Å². The van der Waals surface area contributed by atoms with Gasteiger partial charge in [0.05, 0.1) is 25.3 Å². The first kappa shape index (κ1) is 15.2. The van der Waals surface area contributed by atoms with E-state index >= 15 is 0 Å². The molecule has 0 bridgehead atoms. The Morgan fingerprint density at radius 3 is 2.91 bits per heavy atom. The fraction of sp³-hybridized carbons (Fsp3) is 0.625. The lowest BCUT2D eigenvalue weighted by molar-refractivity contribution is -0.137. The van der Waals surface area contributed by atoms with Crippen molar-refractivity contribution in [3.63, 3.8) is 0 Å². The normalized spacial score (nSPS) is 25.7. The van der Waals surface area contributed by atoms with Gasteiger partial charge in [-0.1, -0.05) is 10.7 Å². The van der Waals surface area contributed by atoms with E-state index in [1.807, 2.05) is 6.92 Å². The first-order chi connectivity index (χ1) is 10.6. The average Bonchev–Trinajstić information content (AvgIpc) is 2.96. The summed E-state index contributed by atoms with van der Waals surface area (Å²) in [5.74, 6) is -0.162. The number of carbonyl (C=O) groups is 1. The van der Waals surface area contributed by atoms with Crippen molar-refractivity contribution in [2.24, 2.45) is 5.16 Å². The standard InChI is InChI=1S/C16H21FN2O3/c1-11-2-3-13(14(17)8-11)15-9-12(22-18-15)10-16(20)19-4-6-21-7-5-19/h8,12H,2-7,9-10H2,1H3. The molecule has 0 spiro atoms. The van der Waals surface area contributed by atoms with Gasteiger partial charge in [-0.05, 0) is 25.8 Å². The summed E-state index contributed by atoms with van der Waals surface area (Å²) in [7, 11) is 0. The van der Waals surface area contributed by atoms with Gasteiger partial charge >= 0.3 is 0 Å². The fourth-order valence-electron chi connectivity index (χ4n) is 2.95. The Hall–Kier alpha value is -1.69. The summed E-state index contributed by atoms with van der Waals surface area (Å²) in [6, 6.07) is 0. The van der Waals surface area contributed by atoms with Crippen molar-refractivity contribution in [3.05, 3.63) is 23.0 Å². The minimum Gasteiger partial charge on any atom is -0.391 e. The minimum absolute atomic E-state index is 0.0542. The minimum atomic E-state index is -0.280. The number of hydrogen-bond acceptors (Lipinski definition) is 4. The molecule has 5 nitrogen and oxygen atoms in total. The first-order valence-electron chi connectivity index (χ1n) is 7.78. The molecule has 120 valence electrons. The van der Waals surface area contributed by atoms with Gasteiger partial charge in [0.2, 0.25) is 5.91 Å². The van der Waals surface area contributed by atoms with Crippen LogP contribution < -0.4 is 0 Å². The number of nitrogens with zero attached hydrogens (tertiary/aromatic N) is 2. The van der Waals surface area contributed by atoms with Crippen LogP contribution in [0.1, 0.15) is 32.6 Å². The molecule has 0 radical (unpaired) electrons. The Morgan fingerprint density at radius 1 is 1.41 bits per heavy atom. The van der Waals surface area contributed by atoms with Crippen LogP contribution in [0.4, 0.5) is 4.39 Å². The molecule has 0 aromatic heterocycles. The Morgan fingerprint density at radius 2 is 2.18 bits per heavy atom. The fourth-order valence-corrected chi connectivity index (χ4v) is 2.95. The summed E-state index contributed by atoms with van der Waals surface area (Å²) in [6.45, 7) is 4.35. The predicted molar refractivity (Wildman–Crippen MR) is 80.1 cm³/mol. The Labute approximate surface area is 129 Å². The molecular weight excluding hydrogens is 287 g/mol. The number of carbonyl (C=O) groups excluding carboxylic acids is 1. The molecule has 3 aliphatic rings. The van der Waals surface area contributed by atoms with Crippen molar-refractivity contribution in [3.8, 4) is 0 Å². The van der Waals surface area contributed by atoms with E-state index in [2.05, 4.69) is 5.16 Å². The highest BCUT2D eigenvalue weighted by Gasteiger charge is 2.30. The van der Waals surface area contributed by atoms with Crippen molar-refractivity contribution in [1.82, 2.24) is 4.90 Å². The van der Waals surface area contributed by atoms with Crippen LogP contribution >= 0.6 is 0 Å². The molecular formula is C16H21FN2O3. The van der Waals surface area contributed by atoms with E-state index in [0.29, 0.717) is 50.4 Å². The summed E-state index contributed by atoms with van der Waals surface area (Å²) >= 11 is 0. The van der Waals surface area contributed by atoms with E-state index in [4.69, 9.17) is 9.57 Å². The topological polar surface area (TPSA) is 51.1 Å². The van der Waals surface area contributed by atoms with Crippen molar-refractivity contribution in [1.29, 1.82) is 0 Å². The van der Waals surface area contributed by atoms with Crippen LogP contribution in [0.15, 0.2) is 28.2 Å². The molecule has 22 heavy (non-hydrogen) atoms. The maximum Gasteiger partial charge on any atom is 0.226 e. The lowest BCUT2D eigenvalue weighted by atomic mass is 9.92. The lowest BCUT2D eigenvalue weighted by Crippen LogP contribution is -2.41. The molecule has 1 fully saturated rings. The molecule has 0 aromatic carbocycles. The third-order valence-electron chi connectivity index (χ3n) is 4.28. The Balaban J connectivity index is 1.56. The average molecular weight is 308 g/mol. The number of hydrogen-bond donors (Lipinski definition) is 0. The number of morpholine rings is 1. The van der Waals surface area contributed by atoms with E-state index in [1.54, 1.807) is 11.0 Å². The van der Waals surface area contributed by atoms with Crippen LogP contribution in [0.2, 0.25) is 0 Å². The molecule has 1 atom stereocenters. The van der Waals surface area contributed by atoms with Crippen LogP contribution in [-0.4, -0.2) is 48.9 Å². The zero-order valence-corrected chi connectivity index (χ0v) is 12.8. The highest BCUT2D eigenvalue weighted by atomic mass is 19.1. The Bertz CT molecular complexity index is 548. The Kier molecular flexibility index (Phi) is 4.57. The van der Waals surface area contributed by atoms with E-state index in [1.165, 1.54) is 0 Å². The zero-order valence-electron chi connectivity index (χ0n) is 12.8. The highest BCUT2D eigenvalue weighted by Crippen LogP contribution is 2.30. The SMILES string of the molecule is CC1=CC(F)=C(C2=NOC(CC(=O)N3CCOCC3)C2)CC1. The number of amides is 1. The van der Waals surface area contributed by atoms with E-state index < -0.39 is 0 Å². The van der Waals surface area contributed by atoms with Crippen molar-refractivity contribution < 1.29 is 18.8 Å². The van der Waals surface area contributed by atoms with Gasteiger partial charge in [-0.3, -0.25) is 4.79 Å². The number of rotatable bonds is 3. The van der Waals surface area contributed by atoms with E-state index in [0.717, 1.165) is 12.0 Å². The summed E-state index contributed by atoms with van der Waals surface area (Å²) in [5, 5.41) is 4.01. The third-order valence-corrected chi connectivity index (χ3v) is 4.28. The maximum atomic E-state index is 14.0. The van der Waals surface area contributed by atoms with Gasteiger partial charge in [-0.25, -0.2) is 4.39 Å². The second-order valence-electron chi connectivity index (χ2n) is 5.98. The molecule has 2 aliphatic heterocycles. The number of halogens is 1. The summed E-state index contributed by atoms with van der Waals surface area (Å²) in [6.07, 6.45) is 3.58. The molecule has 0 aromatic rings. The first-order valence-corrected chi connectivity index (χ1v) is 7.78. The van der Waals surface area contributed by atoms with Crippen LogP contribution in [0.5, 0.6) is 0 Å². The van der Waals surface area contributed by atoms with Crippen LogP contribution in [0.25, 0.3) is 0 Å². The highest BCUT2D eigenvalue weighted by molar-refractivity contribution is 6.02. The second kappa shape index (κ2) is 6.60. The van der Waals surface area contributed by atoms with Gasteiger partial charge in [-0.15, -0.1) is 0 Å². The van der Waals surface area contributed by atoms with Crippen LogP contribution in [0, 0.1) is 0 Å². The van der Waals surface area contributed by atoms with Gasteiger partial charge in [0, 0.05) is 25.1 Å². The molecule has 0 N–H and O–H groups in total. The molecule has 1 saturated heterocycles. The van der Waals surface area contributed by atoms with Gasteiger partial charge in [0.25, 0.3) is 0 Å². The molecule has 6 heteroatoms. The van der Waals surface area contributed by atoms with Gasteiger partial charge in [-0.2, -0.15) is 0 Å². The molecule has 0 saturated carbocycles. The summed E-state index contributed by atoms with van der Waals surface area (Å²) < 4.78 is 19.2. The lowest BCUT2D eigenvalue weighted by Gasteiger charge is -2.27. The van der Waals surface area contributed by atoms with Gasteiger partial charge in [0.15, 0.2) is 0 Å². The van der Waals surface area contributed by atoms with Crippen molar-refractivity contribution in [2.75, 3.05) is 26.3 Å².